The molecule has 9 nitrogen and oxygen atoms in total. The number of morpholine rings is 1. The van der Waals surface area contributed by atoms with Crippen molar-refractivity contribution >= 4 is 23.4 Å². The zero-order chi connectivity index (χ0) is 23.3. The molecule has 0 radical (unpaired) electrons. The van der Waals surface area contributed by atoms with Crippen molar-refractivity contribution < 1.29 is 14.3 Å². The second-order valence-electron chi connectivity index (χ2n) is 7.97. The first kappa shape index (κ1) is 23.4. The third-order valence-electron chi connectivity index (χ3n) is 5.25. The molecule has 1 aliphatic heterocycles. The first-order valence-corrected chi connectivity index (χ1v) is 10.7. The number of rotatable bonds is 7. The number of methoxy groups -OCH3 is 1. The number of nitrogens with zero attached hydrogens (tertiary/aromatic N) is 4. The number of aromatic nitrogens is 2. The molecule has 1 aliphatic rings. The number of aryl methyl sites for hydroxylation is 1. The fourth-order valence-electron chi connectivity index (χ4n) is 3.83. The summed E-state index contributed by atoms with van der Waals surface area (Å²) < 4.78 is 12.3. The SMILES string of the molecule is COCCCNC(=O)/C(C#N)=C/c1c(N2CC(C)OC(C)C2)nc2c(C)cccn2c1=O. The van der Waals surface area contributed by atoms with Crippen LogP contribution >= 0.6 is 0 Å². The van der Waals surface area contributed by atoms with Crippen molar-refractivity contribution in [3.8, 4) is 6.07 Å². The van der Waals surface area contributed by atoms with Gasteiger partial charge < -0.3 is 19.7 Å². The number of hydrogen-bond donors (Lipinski definition) is 1. The lowest BCUT2D eigenvalue weighted by atomic mass is 10.1. The monoisotopic (exact) mass is 439 g/mol. The van der Waals surface area contributed by atoms with E-state index in [1.54, 1.807) is 19.4 Å². The van der Waals surface area contributed by atoms with Crippen LogP contribution < -0.4 is 15.8 Å². The van der Waals surface area contributed by atoms with Crippen LogP contribution in [0.15, 0.2) is 28.7 Å². The van der Waals surface area contributed by atoms with Gasteiger partial charge in [-0.25, -0.2) is 4.98 Å². The molecule has 2 unspecified atom stereocenters. The van der Waals surface area contributed by atoms with E-state index in [1.165, 1.54) is 10.5 Å². The first-order valence-electron chi connectivity index (χ1n) is 10.7. The van der Waals surface area contributed by atoms with Gasteiger partial charge in [-0.3, -0.25) is 14.0 Å². The normalized spacial score (nSPS) is 19.1. The molecule has 3 heterocycles. The Balaban J connectivity index is 2.10. The number of carbonyl (C=O) groups is 1. The Morgan fingerprint density at radius 2 is 2.12 bits per heavy atom. The predicted octanol–water partition coefficient (Wildman–Crippen LogP) is 1.68. The standard InChI is InChI=1S/C23H29N5O4/c1-15-7-5-9-28-20(15)26-21(27-13-16(2)32-17(3)14-27)19(23(28)30)11-18(12-24)22(29)25-8-6-10-31-4/h5,7,9,11,16-17H,6,8,10,13-14H2,1-4H3,(H,25,29)/b18-11+. The number of amides is 1. The summed E-state index contributed by atoms with van der Waals surface area (Å²) in [5.41, 5.74) is 1.12. The number of nitrogens with one attached hydrogen (secondary N) is 1. The van der Waals surface area contributed by atoms with E-state index in [0.717, 1.165) is 5.56 Å². The average Bonchev–Trinajstić information content (AvgIpc) is 2.75. The second-order valence-corrected chi connectivity index (χ2v) is 7.97. The van der Waals surface area contributed by atoms with Crippen molar-refractivity contribution in [2.45, 2.75) is 39.4 Å². The molecule has 1 fully saturated rings. The van der Waals surface area contributed by atoms with Gasteiger partial charge in [0.1, 0.15) is 23.1 Å². The summed E-state index contributed by atoms with van der Waals surface area (Å²) in [4.78, 5) is 32.8. The van der Waals surface area contributed by atoms with Gasteiger partial charge in [0.2, 0.25) is 0 Å². The molecule has 2 aromatic heterocycles. The lowest BCUT2D eigenvalue weighted by Crippen LogP contribution is -2.46. The van der Waals surface area contributed by atoms with Crippen molar-refractivity contribution in [3.63, 3.8) is 0 Å². The zero-order valence-electron chi connectivity index (χ0n) is 18.9. The average molecular weight is 440 g/mol. The molecule has 170 valence electrons. The van der Waals surface area contributed by atoms with E-state index < -0.39 is 5.91 Å². The van der Waals surface area contributed by atoms with Gasteiger partial charge in [0.05, 0.1) is 17.8 Å². The Bertz CT molecular complexity index is 1110. The van der Waals surface area contributed by atoms with Gasteiger partial charge in [0.15, 0.2) is 0 Å². The van der Waals surface area contributed by atoms with Crippen molar-refractivity contribution in [1.29, 1.82) is 5.26 Å². The van der Waals surface area contributed by atoms with Crippen molar-refractivity contribution in [2.75, 3.05) is 38.3 Å². The molecule has 2 atom stereocenters. The van der Waals surface area contributed by atoms with Gasteiger partial charge >= 0.3 is 0 Å². The van der Waals surface area contributed by atoms with Gasteiger partial charge in [0.25, 0.3) is 11.5 Å². The lowest BCUT2D eigenvalue weighted by Gasteiger charge is -2.36. The third-order valence-corrected chi connectivity index (χ3v) is 5.25. The molecular weight excluding hydrogens is 410 g/mol. The molecule has 32 heavy (non-hydrogen) atoms. The Kier molecular flexibility index (Phi) is 7.62. The van der Waals surface area contributed by atoms with Crippen LogP contribution in [-0.2, 0) is 14.3 Å². The molecule has 1 amide bonds. The molecule has 0 aliphatic carbocycles. The third kappa shape index (κ3) is 5.15. The minimum absolute atomic E-state index is 0.0489. The number of hydrogen-bond acceptors (Lipinski definition) is 7. The summed E-state index contributed by atoms with van der Waals surface area (Å²) >= 11 is 0. The fraction of sp³-hybridized carbons (Fsp3) is 0.478. The van der Waals surface area contributed by atoms with Crippen LogP contribution in [0.3, 0.4) is 0 Å². The summed E-state index contributed by atoms with van der Waals surface area (Å²) in [6.07, 6.45) is 3.50. The number of anilines is 1. The largest absolute Gasteiger partial charge is 0.385 e. The summed E-state index contributed by atoms with van der Waals surface area (Å²) in [7, 11) is 1.58. The smallest absolute Gasteiger partial charge is 0.267 e. The Morgan fingerprint density at radius 1 is 1.41 bits per heavy atom. The van der Waals surface area contributed by atoms with Crippen LogP contribution in [0.25, 0.3) is 11.7 Å². The van der Waals surface area contributed by atoms with Crippen LogP contribution in [0.4, 0.5) is 5.82 Å². The molecular formula is C23H29N5O4. The van der Waals surface area contributed by atoms with E-state index in [4.69, 9.17) is 14.5 Å². The second kappa shape index (κ2) is 10.4. The van der Waals surface area contributed by atoms with Gasteiger partial charge in [-0.15, -0.1) is 0 Å². The Morgan fingerprint density at radius 3 is 2.78 bits per heavy atom. The number of fused-ring (bicyclic) bond motifs is 1. The molecule has 0 aromatic carbocycles. The van der Waals surface area contributed by atoms with Gasteiger partial charge in [-0.2, -0.15) is 5.26 Å². The van der Waals surface area contributed by atoms with E-state index in [2.05, 4.69) is 5.32 Å². The van der Waals surface area contributed by atoms with Crippen LogP contribution in [0.1, 0.15) is 31.4 Å². The summed E-state index contributed by atoms with van der Waals surface area (Å²) in [6, 6.07) is 5.58. The lowest BCUT2D eigenvalue weighted by molar-refractivity contribution is -0.117. The molecule has 1 N–H and O–H groups in total. The number of nitriles is 1. The van der Waals surface area contributed by atoms with Crippen molar-refractivity contribution in [1.82, 2.24) is 14.7 Å². The highest BCUT2D eigenvalue weighted by atomic mass is 16.5. The predicted molar refractivity (Wildman–Crippen MR) is 122 cm³/mol. The van der Waals surface area contributed by atoms with Crippen LogP contribution in [0.2, 0.25) is 0 Å². The van der Waals surface area contributed by atoms with E-state index in [1.807, 2.05) is 37.8 Å². The maximum atomic E-state index is 13.4. The van der Waals surface area contributed by atoms with E-state index in [9.17, 15) is 14.9 Å². The number of pyridine rings is 1. The molecule has 2 aromatic rings. The highest BCUT2D eigenvalue weighted by Gasteiger charge is 2.27. The first-order chi connectivity index (χ1) is 15.3. The van der Waals surface area contributed by atoms with Crippen LogP contribution in [-0.4, -0.2) is 60.9 Å². The van der Waals surface area contributed by atoms with Crippen molar-refractivity contribution in [3.05, 3.63) is 45.4 Å². The Labute approximate surface area is 187 Å². The van der Waals surface area contributed by atoms with E-state index in [-0.39, 0.29) is 28.9 Å². The zero-order valence-corrected chi connectivity index (χ0v) is 18.9. The maximum absolute atomic E-state index is 13.4. The number of ether oxygens (including phenoxy) is 2. The highest BCUT2D eigenvalue weighted by molar-refractivity contribution is 6.02. The summed E-state index contributed by atoms with van der Waals surface area (Å²) in [5, 5.41) is 12.3. The molecule has 0 saturated carbocycles. The van der Waals surface area contributed by atoms with Crippen molar-refractivity contribution in [2.24, 2.45) is 0 Å². The van der Waals surface area contributed by atoms with Crippen LogP contribution in [0, 0.1) is 18.3 Å². The fourth-order valence-corrected chi connectivity index (χ4v) is 3.83. The Hall–Kier alpha value is -3.22. The topological polar surface area (TPSA) is 109 Å². The minimum atomic E-state index is -0.535. The van der Waals surface area contributed by atoms with E-state index >= 15 is 0 Å². The highest BCUT2D eigenvalue weighted by Crippen LogP contribution is 2.24. The maximum Gasteiger partial charge on any atom is 0.267 e. The number of carbonyl (C=O) groups excluding carboxylic acids is 1. The molecule has 0 bridgehead atoms. The van der Waals surface area contributed by atoms with Gasteiger partial charge in [-0.1, -0.05) is 6.07 Å². The van der Waals surface area contributed by atoms with Crippen LogP contribution in [0.5, 0.6) is 0 Å². The molecule has 0 spiro atoms. The van der Waals surface area contributed by atoms with E-state index in [0.29, 0.717) is 44.1 Å². The molecule has 1 saturated heterocycles. The quantitative estimate of drug-likeness (QED) is 0.397. The molecule has 9 heteroatoms. The summed E-state index contributed by atoms with van der Waals surface area (Å²) in [6.45, 7) is 7.77. The minimum Gasteiger partial charge on any atom is -0.385 e. The summed E-state index contributed by atoms with van der Waals surface area (Å²) in [5.74, 6) is -0.0850. The van der Waals surface area contributed by atoms with Gasteiger partial charge in [0, 0.05) is 39.5 Å². The van der Waals surface area contributed by atoms with Gasteiger partial charge in [-0.05, 0) is 44.9 Å². The molecule has 3 rings (SSSR count).